The van der Waals surface area contributed by atoms with E-state index in [0.717, 1.165) is 5.69 Å². The van der Waals surface area contributed by atoms with Crippen LogP contribution in [0, 0.1) is 5.82 Å². The van der Waals surface area contributed by atoms with Crippen LogP contribution in [0.3, 0.4) is 0 Å². The van der Waals surface area contributed by atoms with E-state index in [1.165, 1.54) is 28.6 Å². The summed E-state index contributed by atoms with van der Waals surface area (Å²) in [6.45, 7) is 1.80. The number of piperazine rings is 1. The molecule has 0 spiro atoms. The van der Waals surface area contributed by atoms with E-state index in [1.807, 2.05) is 11.0 Å². The van der Waals surface area contributed by atoms with Gasteiger partial charge in [-0.15, -0.1) is 0 Å². The molecule has 25 heavy (non-hydrogen) atoms. The number of hydrogen-bond donors (Lipinski definition) is 0. The minimum absolute atomic E-state index is 0.102. The summed E-state index contributed by atoms with van der Waals surface area (Å²) in [6, 6.07) is 11.0. The van der Waals surface area contributed by atoms with E-state index in [2.05, 4.69) is 0 Å². The molecule has 0 bridgehead atoms. The van der Waals surface area contributed by atoms with Crippen molar-refractivity contribution in [1.29, 1.82) is 0 Å². The Labute approximate surface area is 145 Å². The van der Waals surface area contributed by atoms with Gasteiger partial charge in [-0.3, -0.25) is 0 Å². The number of rotatable bonds is 3. The first-order valence-electron chi connectivity index (χ1n) is 7.94. The molecule has 2 aromatic rings. The van der Waals surface area contributed by atoms with Crippen molar-refractivity contribution in [1.82, 2.24) is 4.31 Å². The second-order valence-electron chi connectivity index (χ2n) is 5.89. The van der Waals surface area contributed by atoms with Gasteiger partial charge in [0, 0.05) is 37.9 Å². The molecule has 0 saturated carbocycles. The molecule has 0 aliphatic carbocycles. The van der Waals surface area contributed by atoms with E-state index in [1.54, 1.807) is 12.1 Å². The fourth-order valence-corrected chi connectivity index (χ4v) is 4.48. The summed E-state index contributed by atoms with van der Waals surface area (Å²) >= 11 is 0. The van der Waals surface area contributed by atoms with Gasteiger partial charge >= 0.3 is 0 Å². The predicted molar refractivity (Wildman–Crippen MR) is 89.9 cm³/mol. The van der Waals surface area contributed by atoms with Gasteiger partial charge in [0.25, 0.3) is 0 Å². The third kappa shape index (κ3) is 3.03. The van der Waals surface area contributed by atoms with Gasteiger partial charge in [0.2, 0.25) is 16.8 Å². The Balaban J connectivity index is 1.50. The van der Waals surface area contributed by atoms with Gasteiger partial charge in [-0.05, 0) is 30.3 Å². The van der Waals surface area contributed by atoms with Crippen LogP contribution >= 0.6 is 0 Å². The van der Waals surface area contributed by atoms with Crippen molar-refractivity contribution in [2.75, 3.05) is 37.9 Å². The van der Waals surface area contributed by atoms with E-state index in [4.69, 9.17) is 9.47 Å². The van der Waals surface area contributed by atoms with Crippen LogP contribution in [0.25, 0.3) is 0 Å². The van der Waals surface area contributed by atoms with E-state index < -0.39 is 10.0 Å². The first-order valence-corrected chi connectivity index (χ1v) is 9.38. The Morgan fingerprint density at radius 2 is 1.68 bits per heavy atom. The third-order valence-electron chi connectivity index (χ3n) is 4.39. The van der Waals surface area contributed by atoms with Crippen LogP contribution in [0.5, 0.6) is 11.5 Å². The van der Waals surface area contributed by atoms with Crippen molar-refractivity contribution in [3.05, 3.63) is 48.3 Å². The van der Waals surface area contributed by atoms with Gasteiger partial charge in [-0.25, -0.2) is 12.8 Å². The zero-order valence-electron chi connectivity index (χ0n) is 13.4. The van der Waals surface area contributed by atoms with Crippen molar-refractivity contribution in [3.8, 4) is 11.5 Å². The molecule has 1 saturated heterocycles. The van der Waals surface area contributed by atoms with Crippen molar-refractivity contribution in [3.63, 3.8) is 0 Å². The minimum atomic E-state index is -3.60. The molecule has 2 heterocycles. The van der Waals surface area contributed by atoms with Crippen LogP contribution in [0.1, 0.15) is 0 Å². The molecule has 0 unspecified atom stereocenters. The highest BCUT2D eigenvalue weighted by molar-refractivity contribution is 7.89. The SMILES string of the molecule is O=S(=O)(c1ccc2c(c1)OCO2)N1CCN(c2cccc(F)c2)CC1. The number of sulfonamides is 1. The largest absolute Gasteiger partial charge is 0.454 e. The summed E-state index contributed by atoms with van der Waals surface area (Å²) in [5.41, 5.74) is 0.764. The highest BCUT2D eigenvalue weighted by Gasteiger charge is 2.30. The lowest BCUT2D eigenvalue weighted by Gasteiger charge is -2.35. The van der Waals surface area contributed by atoms with Crippen LogP contribution < -0.4 is 14.4 Å². The fourth-order valence-electron chi connectivity index (χ4n) is 3.05. The number of anilines is 1. The first kappa shape index (κ1) is 16.2. The summed E-state index contributed by atoms with van der Waals surface area (Å²) in [5.74, 6) is 0.697. The molecule has 2 aromatic carbocycles. The average molecular weight is 364 g/mol. The first-order chi connectivity index (χ1) is 12.0. The molecular formula is C17H17FN2O4S. The Morgan fingerprint density at radius 1 is 0.920 bits per heavy atom. The molecule has 2 aliphatic heterocycles. The van der Waals surface area contributed by atoms with Crippen molar-refractivity contribution in [2.24, 2.45) is 0 Å². The van der Waals surface area contributed by atoms with Crippen LogP contribution in [-0.4, -0.2) is 45.7 Å². The van der Waals surface area contributed by atoms with Gasteiger partial charge in [-0.2, -0.15) is 4.31 Å². The molecule has 0 radical (unpaired) electrons. The molecule has 0 amide bonds. The number of hydrogen-bond acceptors (Lipinski definition) is 5. The summed E-state index contributed by atoms with van der Waals surface area (Å²) in [4.78, 5) is 2.17. The molecule has 0 N–H and O–H groups in total. The summed E-state index contributed by atoms with van der Waals surface area (Å²) in [5, 5.41) is 0. The van der Waals surface area contributed by atoms with Gasteiger partial charge in [-0.1, -0.05) is 6.07 Å². The lowest BCUT2D eigenvalue weighted by Crippen LogP contribution is -2.48. The monoisotopic (exact) mass is 364 g/mol. The molecule has 132 valence electrons. The topological polar surface area (TPSA) is 59.1 Å². The van der Waals surface area contributed by atoms with Gasteiger partial charge < -0.3 is 14.4 Å². The molecule has 6 nitrogen and oxygen atoms in total. The number of nitrogens with zero attached hydrogens (tertiary/aromatic N) is 2. The van der Waals surface area contributed by atoms with E-state index in [0.29, 0.717) is 37.7 Å². The Morgan fingerprint density at radius 3 is 2.44 bits per heavy atom. The molecular weight excluding hydrogens is 347 g/mol. The van der Waals surface area contributed by atoms with E-state index in [9.17, 15) is 12.8 Å². The highest BCUT2D eigenvalue weighted by atomic mass is 32.2. The molecule has 1 fully saturated rings. The third-order valence-corrected chi connectivity index (χ3v) is 6.29. The van der Waals surface area contributed by atoms with E-state index >= 15 is 0 Å². The number of fused-ring (bicyclic) bond motifs is 1. The van der Waals surface area contributed by atoms with Crippen LogP contribution in [0.15, 0.2) is 47.4 Å². The summed E-state index contributed by atoms with van der Waals surface area (Å²) in [7, 11) is -3.60. The Bertz CT molecular complexity index is 895. The minimum Gasteiger partial charge on any atom is -0.454 e. The van der Waals surface area contributed by atoms with Crippen LogP contribution in [0.2, 0.25) is 0 Å². The van der Waals surface area contributed by atoms with Crippen molar-refractivity contribution in [2.45, 2.75) is 4.90 Å². The van der Waals surface area contributed by atoms with Gasteiger partial charge in [0.15, 0.2) is 11.5 Å². The van der Waals surface area contributed by atoms with Crippen molar-refractivity contribution >= 4 is 15.7 Å². The fraction of sp³-hybridized carbons (Fsp3) is 0.294. The predicted octanol–water partition coefficient (Wildman–Crippen LogP) is 2.07. The summed E-state index contributed by atoms with van der Waals surface area (Å²) < 4.78 is 51.0. The number of benzene rings is 2. The molecule has 0 aromatic heterocycles. The van der Waals surface area contributed by atoms with Crippen LogP contribution in [-0.2, 0) is 10.0 Å². The maximum absolute atomic E-state index is 13.4. The Kier molecular flexibility index (Phi) is 4.01. The smallest absolute Gasteiger partial charge is 0.243 e. The second kappa shape index (κ2) is 6.20. The van der Waals surface area contributed by atoms with E-state index in [-0.39, 0.29) is 17.5 Å². The van der Waals surface area contributed by atoms with Gasteiger partial charge in [0.1, 0.15) is 5.82 Å². The lowest BCUT2D eigenvalue weighted by molar-refractivity contribution is 0.174. The maximum Gasteiger partial charge on any atom is 0.243 e. The lowest BCUT2D eigenvalue weighted by atomic mass is 10.2. The highest BCUT2D eigenvalue weighted by Crippen LogP contribution is 2.34. The van der Waals surface area contributed by atoms with Gasteiger partial charge in [0.05, 0.1) is 4.90 Å². The normalized spacial score (nSPS) is 17.7. The molecule has 8 heteroatoms. The zero-order chi connectivity index (χ0) is 17.4. The summed E-state index contributed by atoms with van der Waals surface area (Å²) in [6.07, 6.45) is 0. The Hall–Kier alpha value is -2.32. The average Bonchev–Trinajstić information content (AvgIpc) is 3.09. The standard InChI is InChI=1S/C17H17FN2O4S/c18-13-2-1-3-14(10-13)19-6-8-20(9-7-19)25(21,22)15-4-5-16-17(11-15)24-12-23-16/h1-5,10-11H,6-9,12H2. The molecule has 2 aliphatic rings. The number of halogens is 1. The number of ether oxygens (including phenoxy) is 2. The quantitative estimate of drug-likeness (QED) is 0.835. The second-order valence-corrected chi connectivity index (χ2v) is 7.82. The van der Waals surface area contributed by atoms with Crippen LogP contribution in [0.4, 0.5) is 10.1 Å². The molecule has 4 rings (SSSR count). The van der Waals surface area contributed by atoms with Crippen molar-refractivity contribution < 1.29 is 22.3 Å². The maximum atomic E-state index is 13.4. The molecule has 0 atom stereocenters. The zero-order valence-corrected chi connectivity index (χ0v) is 14.2.